The van der Waals surface area contributed by atoms with Gasteiger partial charge in [0.25, 0.3) is 0 Å². The molecule has 0 fully saturated rings. The average molecular weight is 296 g/mol. The number of aromatic nitrogens is 1. The minimum Gasteiger partial charge on any atom is -0.368 e. The summed E-state index contributed by atoms with van der Waals surface area (Å²) >= 11 is 7.91. The van der Waals surface area contributed by atoms with Gasteiger partial charge in [-0.25, -0.2) is 4.98 Å². The van der Waals surface area contributed by atoms with Gasteiger partial charge in [0.1, 0.15) is 0 Å². The number of hydrogen-bond acceptors (Lipinski definition) is 4. The molecule has 0 radical (unpaired) electrons. The molecule has 2 rings (SSSR count). The predicted octanol–water partition coefficient (Wildman–Crippen LogP) is 3.32. The molecule has 0 bridgehead atoms. The van der Waals surface area contributed by atoms with E-state index < -0.39 is 0 Å². The summed E-state index contributed by atoms with van der Waals surface area (Å²) in [6, 6.07) is 6.06. The highest BCUT2D eigenvalue weighted by Gasteiger charge is 2.13. The van der Waals surface area contributed by atoms with Crippen molar-refractivity contribution in [3.63, 3.8) is 0 Å². The Hall–Kier alpha value is -1.10. The van der Waals surface area contributed by atoms with Crippen molar-refractivity contribution in [1.29, 1.82) is 0 Å². The highest BCUT2D eigenvalue weighted by Crippen LogP contribution is 2.28. The Kier molecular flexibility index (Phi) is 4.80. The van der Waals surface area contributed by atoms with E-state index in [0.717, 1.165) is 34.9 Å². The van der Waals surface area contributed by atoms with Gasteiger partial charge in [-0.15, -0.1) is 11.3 Å². The summed E-state index contributed by atoms with van der Waals surface area (Å²) < 4.78 is 0. The van der Waals surface area contributed by atoms with Gasteiger partial charge in [0.2, 0.25) is 0 Å². The number of halogens is 1. The Morgan fingerprint density at radius 2 is 2.26 bits per heavy atom. The summed E-state index contributed by atoms with van der Waals surface area (Å²) in [5, 5.41) is 2.84. The minimum absolute atomic E-state index is 0.0892. The smallest absolute Gasteiger partial charge is 0.0795 e. The first kappa shape index (κ1) is 14.3. The van der Waals surface area contributed by atoms with Gasteiger partial charge in [0.15, 0.2) is 0 Å². The van der Waals surface area contributed by atoms with E-state index >= 15 is 0 Å². The molecule has 1 unspecified atom stereocenters. The van der Waals surface area contributed by atoms with Crippen molar-refractivity contribution in [3.05, 3.63) is 45.4 Å². The number of thiazole rings is 1. The zero-order chi connectivity index (χ0) is 13.8. The second-order valence-corrected chi connectivity index (χ2v) is 5.88. The van der Waals surface area contributed by atoms with Crippen LogP contribution >= 0.6 is 22.9 Å². The zero-order valence-corrected chi connectivity index (χ0v) is 12.7. The molecule has 2 N–H and O–H groups in total. The van der Waals surface area contributed by atoms with E-state index in [9.17, 15) is 0 Å². The standard InChI is InChI=1S/C14H18ClN3S/c1-10(16)6-12-13(15)4-3-5-14(12)18(2)7-11-8-19-9-17-11/h3-5,8-10H,6-7,16H2,1-2H3. The van der Waals surface area contributed by atoms with Crippen LogP contribution in [0.1, 0.15) is 18.2 Å². The molecule has 1 atom stereocenters. The average Bonchev–Trinajstić information content (AvgIpc) is 2.84. The Bertz CT molecular complexity index is 525. The van der Waals surface area contributed by atoms with Crippen LogP contribution in [0.2, 0.25) is 5.02 Å². The first-order valence-electron chi connectivity index (χ1n) is 6.19. The van der Waals surface area contributed by atoms with Crippen LogP contribution in [0.5, 0.6) is 0 Å². The molecular formula is C14H18ClN3S. The first-order valence-corrected chi connectivity index (χ1v) is 7.51. The lowest BCUT2D eigenvalue weighted by Gasteiger charge is -2.23. The molecule has 0 aliphatic carbocycles. The highest BCUT2D eigenvalue weighted by atomic mass is 35.5. The summed E-state index contributed by atoms with van der Waals surface area (Å²) in [5.74, 6) is 0. The second-order valence-electron chi connectivity index (χ2n) is 4.75. The topological polar surface area (TPSA) is 42.1 Å². The fraction of sp³-hybridized carbons (Fsp3) is 0.357. The molecule has 0 aliphatic rings. The molecule has 3 nitrogen and oxygen atoms in total. The normalized spacial score (nSPS) is 12.4. The van der Waals surface area contributed by atoms with E-state index in [0.29, 0.717) is 0 Å². The van der Waals surface area contributed by atoms with E-state index in [-0.39, 0.29) is 6.04 Å². The summed E-state index contributed by atoms with van der Waals surface area (Å²) in [6.45, 7) is 2.77. The van der Waals surface area contributed by atoms with Crippen molar-refractivity contribution in [2.45, 2.75) is 25.9 Å². The van der Waals surface area contributed by atoms with Crippen molar-refractivity contribution >= 4 is 28.6 Å². The number of hydrogen-bond donors (Lipinski definition) is 1. The van der Waals surface area contributed by atoms with Crippen LogP contribution in [0.25, 0.3) is 0 Å². The quantitative estimate of drug-likeness (QED) is 0.920. The fourth-order valence-corrected chi connectivity index (χ4v) is 2.87. The van der Waals surface area contributed by atoms with Gasteiger partial charge in [-0.2, -0.15) is 0 Å². The molecule has 102 valence electrons. The molecule has 5 heteroatoms. The van der Waals surface area contributed by atoms with E-state index in [1.165, 1.54) is 0 Å². The monoisotopic (exact) mass is 295 g/mol. The molecule has 1 heterocycles. The SMILES string of the molecule is CC(N)Cc1c(Cl)cccc1N(C)Cc1cscn1. The third-order valence-corrected chi connectivity index (χ3v) is 3.90. The van der Waals surface area contributed by atoms with Gasteiger partial charge in [0.05, 0.1) is 17.7 Å². The van der Waals surface area contributed by atoms with E-state index in [1.54, 1.807) is 11.3 Å². The van der Waals surface area contributed by atoms with Crippen LogP contribution < -0.4 is 10.6 Å². The summed E-state index contributed by atoms with van der Waals surface area (Å²) in [6.07, 6.45) is 0.774. The lowest BCUT2D eigenvalue weighted by molar-refractivity contribution is 0.734. The van der Waals surface area contributed by atoms with Gasteiger partial charge in [-0.1, -0.05) is 17.7 Å². The molecule has 0 saturated heterocycles. The molecule has 1 aromatic carbocycles. The summed E-state index contributed by atoms with van der Waals surface area (Å²) in [5.41, 5.74) is 11.1. The summed E-state index contributed by atoms with van der Waals surface area (Å²) in [7, 11) is 2.05. The molecule has 0 saturated carbocycles. The van der Waals surface area contributed by atoms with Gasteiger partial charge in [-0.05, 0) is 31.0 Å². The van der Waals surface area contributed by atoms with Crippen LogP contribution in [0, 0.1) is 0 Å². The molecular weight excluding hydrogens is 278 g/mol. The lowest BCUT2D eigenvalue weighted by atomic mass is 10.0. The van der Waals surface area contributed by atoms with E-state index in [2.05, 4.69) is 28.4 Å². The van der Waals surface area contributed by atoms with Crippen LogP contribution in [0.15, 0.2) is 29.1 Å². The third-order valence-electron chi connectivity index (χ3n) is 2.91. The maximum Gasteiger partial charge on any atom is 0.0795 e. The number of anilines is 1. The van der Waals surface area contributed by atoms with Crippen molar-refractivity contribution in [2.75, 3.05) is 11.9 Å². The van der Waals surface area contributed by atoms with Gasteiger partial charge >= 0.3 is 0 Å². The third kappa shape index (κ3) is 3.69. The molecule has 0 aliphatic heterocycles. The highest BCUT2D eigenvalue weighted by molar-refractivity contribution is 7.07. The number of benzene rings is 1. The van der Waals surface area contributed by atoms with Crippen molar-refractivity contribution < 1.29 is 0 Å². The number of nitrogens with two attached hydrogens (primary N) is 1. The zero-order valence-electron chi connectivity index (χ0n) is 11.1. The lowest BCUT2D eigenvalue weighted by Crippen LogP contribution is -2.22. The van der Waals surface area contributed by atoms with Gasteiger partial charge in [-0.3, -0.25) is 0 Å². The maximum atomic E-state index is 6.30. The first-order chi connectivity index (χ1) is 9.08. The van der Waals surface area contributed by atoms with Crippen LogP contribution in [0.3, 0.4) is 0 Å². The van der Waals surface area contributed by atoms with Crippen LogP contribution in [-0.4, -0.2) is 18.1 Å². The molecule has 2 aromatic rings. The van der Waals surface area contributed by atoms with Crippen molar-refractivity contribution in [1.82, 2.24) is 4.98 Å². The van der Waals surface area contributed by atoms with Gasteiger partial charge < -0.3 is 10.6 Å². The van der Waals surface area contributed by atoms with Crippen LogP contribution in [0.4, 0.5) is 5.69 Å². The number of rotatable bonds is 5. The Labute approximate surface area is 123 Å². The van der Waals surface area contributed by atoms with E-state index in [4.69, 9.17) is 17.3 Å². The maximum absolute atomic E-state index is 6.30. The van der Waals surface area contributed by atoms with Gasteiger partial charge in [0, 0.05) is 29.2 Å². The summed E-state index contributed by atoms with van der Waals surface area (Å²) in [4.78, 5) is 6.48. The Morgan fingerprint density at radius 1 is 1.47 bits per heavy atom. The molecule has 0 amide bonds. The number of nitrogens with zero attached hydrogens (tertiary/aromatic N) is 2. The van der Waals surface area contributed by atoms with E-state index in [1.807, 2.05) is 24.6 Å². The Balaban J connectivity index is 2.25. The fourth-order valence-electron chi connectivity index (χ4n) is 2.07. The Morgan fingerprint density at radius 3 is 2.89 bits per heavy atom. The molecule has 0 spiro atoms. The second kappa shape index (κ2) is 6.37. The molecule has 19 heavy (non-hydrogen) atoms. The van der Waals surface area contributed by atoms with Crippen molar-refractivity contribution in [3.8, 4) is 0 Å². The van der Waals surface area contributed by atoms with Crippen LogP contribution in [-0.2, 0) is 13.0 Å². The molecule has 1 aromatic heterocycles. The largest absolute Gasteiger partial charge is 0.368 e. The minimum atomic E-state index is 0.0892. The van der Waals surface area contributed by atoms with Crippen molar-refractivity contribution in [2.24, 2.45) is 5.73 Å². The predicted molar refractivity (Wildman–Crippen MR) is 83.0 cm³/mol.